The summed E-state index contributed by atoms with van der Waals surface area (Å²) < 4.78 is 11.4. The topological polar surface area (TPSA) is 54.0 Å². The number of ether oxygens (including phenoxy) is 2. The Bertz CT molecular complexity index is 1000. The Balaban J connectivity index is 1.25. The van der Waals surface area contributed by atoms with Crippen molar-refractivity contribution in [2.45, 2.75) is 6.54 Å². The van der Waals surface area contributed by atoms with Crippen molar-refractivity contribution in [3.63, 3.8) is 0 Å². The van der Waals surface area contributed by atoms with E-state index in [0.717, 1.165) is 37.5 Å². The number of nitrogens with zero attached hydrogens (tertiary/aromatic N) is 2. The number of rotatable bonds is 8. The van der Waals surface area contributed by atoms with Crippen LogP contribution in [0.2, 0.25) is 0 Å². The number of anilines is 1. The first kappa shape index (κ1) is 21.7. The van der Waals surface area contributed by atoms with E-state index in [-0.39, 0.29) is 12.5 Å². The van der Waals surface area contributed by atoms with Crippen LogP contribution in [0.25, 0.3) is 0 Å². The molecule has 0 bridgehead atoms. The van der Waals surface area contributed by atoms with Crippen LogP contribution in [0.5, 0.6) is 17.2 Å². The van der Waals surface area contributed by atoms with Gasteiger partial charge in [0, 0.05) is 38.4 Å². The lowest BCUT2D eigenvalue weighted by Crippen LogP contribution is -2.45. The van der Waals surface area contributed by atoms with Crippen molar-refractivity contribution in [3.05, 3.63) is 84.4 Å². The van der Waals surface area contributed by atoms with E-state index in [1.54, 1.807) is 12.1 Å². The number of nitrogens with one attached hydrogen (secondary N) is 1. The summed E-state index contributed by atoms with van der Waals surface area (Å²) in [6.45, 7) is 4.53. The molecule has 0 spiro atoms. The molecule has 0 unspecified atom stereocenters. The lowest BCUT2D eigenvalue weighted by molar-refractivity contribution is -0.123. The molecule has 1 heterocycles. The SMILES string of the molecule is CN1CCN(c2ccccc2CNC(=O)COc2ccc(Oc3ccccc3)cc2)CC1. The second-order valence-corrected chi connectivity index (χ2v) is 7.87. The van der Waals surface area contributed by atoms with Crippen molar-refractivity contribution < 1.29 is 14.3 Å². The highest BCUT2D eigenvalue weighted by Gasteiger charge is 2.17. The van der Waals surface area contributed by atoms with E-state index < -0.39 is 0 Å². The molecule has 0 saturated carbocycles. The average molecular weight is 432 g/mol. The minimum atomic E-state index is -0.150. The van der Waals surface area contributed by atoms with Crippen molar-refractivity contribution in [2.75, 3.05) is 44.7 Å². The molecule has 1 fully saturated rings. The van der Waals surface area contributed by atoms with Crippen LogP contribution in [0.3, 0.4) is 0 Å². The summed E-state index contributed by atoms with van der Waals surface area (Å²) >= 11 is 0. The van der Waals surface area contributed by atoms with E-state index >= 15 is 0 Å². The van der Waals surface area contributed by atoms with Crippen LogP contribution in [0.1, 0.15) is 5.56 Å². The van der Waals surface area contributed by atoms with Crippen molar-refractivity contribution in [1.29, 1.82) is 0 Å². The number of hydrogen-bond acceptors (Lipinski definition) is 5. The Hall–Kier alpha value is -3.51. The molecule has 1 saturated heterocycles. The van der Waals surface area contributed by atoms with Gasteiger partial charge in [-0.1, -0.05) is 36.4 Å². The van der Waals surface area contributed by atoms with Gasteiger partial charge in [0.15, 0.2) is 6.61 Å². The van der Waals surface area contributed by atoms with Gasteiger partial charge in [-0.3, -0.25) is 4.79 Å². The quantitative estimate of drug-likeness (QED) is 0.586. The summed E-state index contributed by atoms with van der Waals surface area (Å²) in [5.74, 6) is 1.96. The molecule has 0 radical (unpaired) electrons. The van der Waals surface area contributed by atoms with Crippen LogP contribution in [-0.2, 0) is 11.3 Å². The molecule has 1 N–H and O–H groups in total. The predicted molar refractivity (Wildman–Crippen MR) is 126 cm³/mol. The number of benzene rings is 3. The second-order valence-electron chi connectivity index (χ2n) is 7.87. The summed E-state index contributed by atoms with van der Waals surface area (Å²) in [5, 5.41) is 2.98. The van der Waals surface area contributed by atoms with Gasteiger partial charge in [0.2, 0.25) is 0 Å². The Kier molecular flexibility index (Phi) is 7.25. The molecule has 3 aromatic rings. The fourth-order valence-electron chi connectivity index (χ4n) is 3.64. The molecule has 0 aliphatic carbocycles. The maximum Gasteiger partial charge on any atom is 0.258 e. The lowest BCUT2D eigenvalue weighted by Gasteiger charge is -2.35. The highest BCUT2D eigenvalue weighted by atomic mass is 16.5. The number of para-hydroxylation sites is 2. The first-order valence-corrected chi connectivity index (χ1v) is 10.9. The van der Waals surface area contributed by atoms with E-state index in [4.69, 9.17) is 9.47 Å². The smallest absolute Gasteiger partial charge is 0.258 e. The standard InChI is InChI=1S/C26H29N3O3/c1-28-15-17-29(18-16-28)25-10-6-5-7-21(25)19-27-26(30)20-31-22-11-13-24(14-12-22)32-23-8-3-2-4-9-23/h2-14H,15-20H2,1H3,(H,27,30). The van der Waals surface area contributed by atoms with Crippen LogP contribution in [-0.4, -0.2) is 50.6 Å². The lowest BCUT2D eigenvalue weighted by atomic mass is 10.1. The minimum Gasteiger partial charge on any atom is -0.484 e. The van der Waals surface area contributed by atoms with Crippen molar-refractivity contribution >= 4 is 11.6 Å². The number of hydrogen-bond donors (Lipinski definition) is 1. The van der Waals surface area contributed by atoms with Crippen molar-refractivity contribution in [2.24, 2.45) is 0 Å². The van der Waals surface area contributed by atoms with Gasteiger partial charge >= 0.3 is 0 Å². The Morgan fingerprint density at radius 3 is 2.19 bits per heavy atom. The molecule has 4 rings (SSSR count). The Labute approximate surface area is 189 Å². The van der Waals surface area contributed by atoms with E-state index in [0.29, 0.717) is 18.0 Å². The molecular weight excluding hydrogens is 402 g/mol. The van der Waals surface area contributed by atoms with Gasteiger partial charge < -0.3 is 24.6 Å². The third kappa shape index (κ3) is 6.02. The number of piperazine rings is 1. The molecule has 6 nitrogen and oxygen atoms in total. The maximum atomic E-state index is 12.3. The molecule has 0 aromatic heterocycles. The molecule has 6 heteroatoms. The number of amides is 1. The number of carbonyl (C=O) groups is 1. The monoisotopic (exact) mass is 431 g/mol. The van der Waals surface area contributed by atoms with Gasteiger partial charge in [0.25, 0.3) is 5.91 Å². The molecule has 0 atom stereocenters. The van der Waals surface area contributed by atoms with Gasteiger partial charge in [0.05, 0.1) is 0 Å². The normalized spacial score (nSPS) is 14.1. The highest BCUT2D eigenvalue weighted by Crippen LogP contribution is 2.24. The maximum absolute atomic E-state index is 12.3. The zero-order chi connectivity index (χ0) is 22.2. The molecule has 1 aliphatic heterocycles. The Morgan fingerprint density at radius 2 is 1.44 bits per heavy atom. The number of carbonyl (C=O) groups excluding carboxylic acids is 1. The third-order valence-corrected chi connectivity index (χ3v) is 5.48. The number of likely N-dealkylation sites (N-methyl/N-ethyl adjacent to an activating group) is 1. The molecule has 32 heavy (non-hydrogen) atoms. The van der Waals surface area contributed by atoms with E-state index in [1.165, 1.54) is 5.69 Å². The third-order valence-electron chi connectivity index (χ3n) is 5.48. The van der Waals surface area contributed by atoms with Crippen LogP contribution >= 0.6 is 0 Å². The van der Waals surface area contributed by atoms with E-state index in [9.17, 15) is 4.79 Å². The summed E-state index contributed by atoms with van der Waals surface area (Å²) in [6.07, 6.45) is 0. The van der Waals surface area contributed by atoms with Crippen LogP contribution in [0.4, 0.5) is 5.69 Å². The summed E-state index contributed by atoms with van der Waals surface area (Å²) in [5.41, 5.74) is 2.31. The fourth-order valence-corrected chi connectivity index (χ4v) is 3.64. The first-order chi connectivity index (χ1) is 15.7. The van der Waals surface area contributed by atoms with Gasteiger partial charge in [-0.15, -0.1) is 0 Å². The predicted octanol–water partition coefficient (Wildman–Crippen LogP) is 3.93. The first-order valence-electron chi connectivity index (χ1n) is 10.9. The van der Waals surface area contributed by atoms with Gasteiger partial charge in [-0.2, -0.15) is 0 Å². The zero-order valence-electron chi connectivity index (χ0n) is 18.4. The van der Waals surface area contributed by atoms with E-state index in [1.807, 2.05) is 54.6 Å². The molecule has 1 aliphatic rings. The average Bonchev–Trinajstić information content (AvgIpc) is 2.84. The second kappa shape index (κ2) is 10.7. The van der Waals surface area contributed by atoms with Crippen molar-refractivity contribution in [1.82, 2.24) is 10.2 Å². The molecule has 166 valence electrons. The summed E-state index contributed by atoms with van der Waals surface area (Å²) in [4.78, 5) is 17.1. The minimum absolute atomic E-state index is 0.0322. The van der Waals surface area contributed by atoms with Crippen molar-refractivity contribution in [3.8, 4) is 17.2 Å². The van der Waals surface area contributed by atoms with Crippen LogP contribution in [0, 0.1) is 0 Å². The highest BCUT2D eigenvalue weighted by molar-refractivity contribution is 5.77. The zero-order valence-corrected chi connectivity index (χ0v) is 18.4. The largest absolute Gasteiger partial charge is 0.484 e. The fraction of sp³-hybridized carbons (Fsp3) is 0.269. The molecule has 3 aromatic carbocycles. The van der Waals surface area contributed by atoms with Crippen LogP contribution < -0.4 is 19.7 Å². The van der Waals surface area contributed by atoms with Gasteiger partial charge in [0.1, 0.15) is 17.2 Å². The summed E-state index contributed by atoms with van der Waals surface area (Å²) in [6, 6.07) is 25.1. The van der Waals surface area contributed by atoms with Gasteiger partial charge in [-0.05, 0) is 55.1 Å². The molecule has 1 amide bonds. The van der Waals surface area contributed by atoms with Gasteiger partial charge in [-0.25, -0.2) is 0 Å². The Morgan fingerprint density at radius 1 is 0.812 bits per heavy atom. The summed E-state index contributed by atoms with van der Waals surface area (Å²) in [7, 11) is 2.15. The van der Waals surface area contributed by atoms with Crippen LogP contribution in [0.15, 0.2) is 78.9 Å². The van der Waals surface area contributed by atoms with E-state index in [2.05, 4.69) is 34.3 Å². The molecular formula is C26H29N3O3.